The number of amides is 1. The van der Waals surface area contributed by atoms with Gasteiger partial charge in [-0.1, -0.05) is 29.8 Å². The third-order valence-electron chi connectivity index (χ3n) is 6.62. The molecular formula is C27H23BClN3O6S. The number of anilines is 1. The fraction of sp³-hybridized carbons (Fsp3) is 0.185. The number of nitriles is 1. The summed E-state index contributed by atoms with van der Waals surface area (Å²) >= 11 is 6.08. The van der Waals surface area contributed by atoms with E-state index in [1.54, 1.807) is 42.5 Å². The maximum Gasteiger partial charge on any atom is 0.489 e. The van der Waals surface area contributed by atoms with Crippen LogP contribution in [-0.4, -0.2) is 44.8 Å². The predicted octanol–water partition coefficient (Wildman–Crippen LogP) is 3.58. The highest BCUT2D eigenvalue weighted by molar-refractivity contribution is 7.92. The lowest BCUT2D eigenvalue weighted by Crippen LogP contribution is -2.32. The lowest BCUT2D eigenvalue weighted by molar-refractivity contribution is 0.0964. The number of nitrogens with zero attached hydrogens (tertiary/aromatic N) is 1. The molecule has 1 fully saturated rings. The molecule has 5 rings (SSSR count). The molecule has 39 heavy (non-hydrogen) atoms. The third-order valence-corrected chi connectivity index (χ3v) is 7.46. The number of nitrogens with one attached hydrogen (secondary N) is 2. The summed E-state index contributed by atoms with van der Waals surface area (Å²) in [5.41, 5.74) is 2.54. The van der Waals surface area contributed by atoms with E-state index in [9.17, 15) is 28.5 Å². The van der Waals surface area contributed by atoms with Crippen LogP contribution >= 0.6 is 11.6 Å². The number of sulfonamides is 1. The van der Waals surface area contributed by atoms with Crippen molar-refractivity contribution in [2.24, 2.45) is 0 Å². The highest BCUT2D eigenvalue weighted by Crippen LogP contribution is 2.53. The summed E-state index contributed by atoms with van der Waals surface area (Å²) in [6, 6.07) is 15.0. The van der Waals surface area contributed by atoms with E-state index in [2.05, 4.69) is 16.1 Å². The van der Waals surface area contributed by atoms with Gasteiger partial charge in [0.15, 0.2) is 0 Å². The fourth-order valence-electron chi connectivity index (χ4n) is 4.90. The molecule has 0 radical (unpaired) electrons. The molecule has 0 unspecified atom stereocenters. The first-order valence-electron chi connectivity index (χ1n) is 12.0. The van der Waals surface area contributed by atoms with E-state index in [-0.39, 0.29) is 39.5 Å². The number of hydrogen-bond donors (Lipinski definition) is 4. The molecule has 1 saturated carbocycles. The number of carbonyl (C=O) groups excluding carboxylic acids is 1. The van der Waals surface area contributed by atoms with Gasteiger partial charge in [-0.3, -0.25) is 9.52 Å². The number of fused-ring (bicyclic) bond motifs is 1. The van der Waals surface area contributed by atoms with Gasteiger partial charge < -0.3 is 19.8 Å². The first-order chi connectivity index (χ1) is 18.5. The maximum absolute atomic E-state index is 13.4. The minimum atomic E-state index is -3.72. The molecule has 4 aromatic rings. The molecule has 0 bridgehead atoms. The molecule has 3 aromatic carbocycles. The van der Waals surface area contributed by atoms with Crippen LogP contribution in [0.25, 0.3) is 33.4 Å². The van der Waals surface area contributed by atoms with Gasteiger partial charge in [-0.05, 0) is 48.6 Å². The van der Waals surface area contributed by atoms with Crippen molar-refractivity contribution in [1.29, 1.82) is 5.26 Å². The highest BCUT2D eigenvalue weighted by atomic mass is 35.5. The summed E-state index contributed by atoms with van der Waals surface area (Å²) in [6.45, 7) is 0. The molecular weight excluding hydrogens is 541 g/mol. The molecule has 198 valence electrons. The monoisotopic (exact) mass is 563 g/mol. The Morgan fingerprint density at radius 3 is 2.44 bits per heavy atom. The van der Waals surface area contributed by atoms with Gasteiger partial charge in [-0.15, -0.1) is 0 Å². The van der Waals surface area contributed by atoms with Gasteiger partial charge in [0, 0.05) is 45.7 Å². The molecule has 1 aliphatic rings. The molecule has 1 heterocycles. The normalized spacial score (nSPS) is 13.2. The van der Waals surface area contributed by atoms with Crippen LogP contribution < -0.4 is 15.5 Å². The Kier molecular flexibility index (Phi) is 6.90. The number of carbonyl (C=O) groups is 1. The summed E-state index contributed by atoms with van der Waals surface area (Å²) in [6.07, 6.45) is 2.56. The van der Waals surface area contributed by atoms with Crippen LogP contribution in [0.2, 0.25) is 5.02 Å². The van der Waals surface area contributed by atoms with Crippen LogP contribution in [0.3, 0.4) is 0 Å². The van der Waals surface area contributed by atoms with Crippen LogP contribution in [0.5, 0.6) is 0 Å². The molecule has 9 nitrogen and oxygen atoms in total. The Labute approximate surface area is 230 Å². The molecule has 0 spiro atoms. The molecule has 0 aliphatic heterocycles. The van der Waals surface area contributed by atoms with Gasteiger partial charge >= 0.3 is 7.12 Å². The van der Waals surface area contributed by atoms with Crippen LogP contribution in [0, 0.1) is 11.3 Å². The predicted molar refractivity (Wildman–Crippen MR) is 150 cm³/mol. The second kappa shape index (κ2) is 10.1. The average molecular weight is 564 g/mol. The number of rotatable bonds is 7. The van der Waals surface area contributed by atoms with Crippen molar-refractivity contribution in [3.8, 4) is 28.5 Å². The van der Waals surface area contributed by atoms with E-state index >= 15 is 0 Å². The minimum absolute atomic E-state index is 0.00990. The van der Waals surface area contributed by atoms with Gasteiger partial charge in [-0.25, -0.2) is 8.42 Å². The minimum Gasteiger partial charge on any atom is -0.455 e. The van der Waals surface area contributed by atoms with Gasteiger partial charge in [0.2, 0.25) is 10.0 Å². The SMILES string of the molecule is CNC(=O)c1c(-c2ccc(Cl)cc2)oc2cc(NS(C)(=O)=O)c(C3CC3)c(-c3cccc(B(O)O)c3C#N)c12. The Hall–Kier alpha value is -3.82. The number of benzene rings is 3. The van der Waals surface area contributed by atoms with E-state index in [0.29, 0.717) is 32.7 Å². The van der Waals surface area contributed by atoms with Crippen LogP contribution in [-0.2, 0) is 10.0 Å². The Morgan fingerprint density at radius 2 is 1.87 bits per heavy atom. The maximum atomic E-state index is 13.4. The van der Waals surface area contributed by atoms with Crippen molar-refractivity contribution >= 4 is 56.8 Å². The summed E-state index contributed by atoms with van der Waals surface area (Å²) in [4.78, 5) is 13.4. The topological polar surface area (TPSA) is 153 Å². The number of hydrogen-bond acceptors (Lipinski definition) is 7. The van der Waals surface area contributed by atoms with Crippen molar-refractivity contribution in [3.63, 3.8) is 0 Å². The summed E-state index contributed by atoms with van der Waals surface area (Å²) in [5.74, 6) is -0.283. The van der Waals surface area contributed by atoms with Crippen molar-refractivity contribution in [3.05, 3.63) is 70.2 Å². The molecule has 0 atom stereocenters. The number of furan rings is 1. The van der Waals surface area contributed by atoms with Crippen molar-refractivity contribution < 1.29 is 27.7 Å². The van der Waals surface area contributed by atoms with Crippen molar-refractivity contribution in [1.82, 2.24) is 5.32 Å². The lowest BCUT2D eigenvalue weighted by Gasteiger charge is -2.19. The standard InChI is InChI=1S/C27H23BClN3O6S/c1-31-27(33)25-24-21(38-26(25)15-8-10-16(29)11-9-15)12-20(32-39(2,36)37)22(14-6-7-14)23(24)17-4-3-5-19(28(34)35)18(17)13-30/h3-5,8-12,14,32,34-35H,6-7H2,1-2H3,(H,31,33). The second-order valence-electron chi connectivity index (χ2n) is 9.38. The molecule has 1 aliphatic carbocycles. The van der Waals surface area contributed by atoms with E-state index in [1.165, 1.54) is 13.1 Å². The lowest BCUT2D eigenvalue weighted by atomic mass is 9.74. The van der Waals surface area contributed by atoms with E-state index in [1.807, 2.05) is 0 Å². The smallest absolute Gasteiger partial charge is 0.455 e. The molecule has 0 saturated heterocycles. The Morgan fingerprint density at radius 1 is 1.18 bits per heavy atom. The van der Waals surface area contributed by atoms with Crippen molar-refractivity contribution in [2.75, 3.05) is 18.0 Å². The first kappa shape index (κ1) is 26.8. The third kappa shape index (κ3) is 5.00. The second-order valence-corrected chi connectivity index (χ2v) is 11.6. The molecule has 4 N–H and O–H groups in total. The van der Waals surface area contributed by atoms with Crippen LogP contribution in [0.1, 0.15) is 40.2 Å². The zero-order valence-electron chi connectivity index (χ0n) is 20.9. The summed E-state index contributed by atoms with van der Waals surface area (Å²) in [7, 11) is -4.17. The average Bonchev–Trinajstić information content (AvgIpc) is 3.66. The van der Waals surface area contributed by atoms with Crippen molar-refractivity contribution in [2.45, 2.75) is 18.8 Å². The van der Waals surface area contributed by atoms with E-state index in [4.69, 9.17) is 16.0 Å². The van der Waals surface area contributed by atoms with Gasteiger partial charge in [-0.2, -0.15) is 5.26 Å². The van der Waals surface area contributed by atoms with Gasteiger partial charge in [0.1, 0.15) is 11.3 Å². The molecule has 1 aromatic heterocycles. The van der Waals surface area contributed by atoms with E-state index in [0.717, 1.165) is 19.1 Å². The van der Waals surface area contributed by atoms with Crippen LogP contribution in [0.4, 0.5) is 5.69 Å². The largest absolute Gasteiger partial charge is 0.489 e. The summed E-state index contributed by atoms with van der Waals surface area (Å²) < 4.78 is 33.6. The zero-order valence-corrected chi connectivity index (χ0v) is 22.5. The first-order valence-corrected chi connectivity index (χ1v) is 14.3. The Balaban J connectivity index is 2.00. The zero-order chi connectivity index (χ0) is 28.1. The van der Waals surface area contributed by atoms with Gasteiger partial charge in [0.05, 0.1) is 29.1 Å². The molecule has 1 amide bonds. The summed E-state index contributed by atoms with van der Waals surface area (Å²) in [5, 5.41) is 33.6. The van der Waals surface area contributed by atoms with Gasteiger partial charge in [0.25, 0.3) is 5.91 Å². The fourth-order valence-corrected chi connectivity index (χ4v) is 5.60. The highest BCUT2D eigenvalue weighted by Gasteiger charge is 2.36. The van der Waals surface area contributed by atoms with E-state index < -0.39 is 23.0 Å². The van der Waals surface area contributed by atoms with Crippen LogP contribution in [0.15, 0.2) is 52.9 Å². The molecule has 12 heteroatoms. The quantitative estimate of drug-likeness (QED) is 0.251. The Bertz CT molecular complexity index is 1770. The number of halogens is 1.